The van der Waals surface area contributed by atoms with E-state index in [0.29, 0.717) is 16.2 Å². The van der Waals surface area contributed by atoms with E-state index in [0.717, 1.165) is 11.8 Å². The number of hydrogen-bond acceptors (Lipinski definition) is 2. The van der Waals surface area contributed by atoms with E-state index < -0.39 is 0 Å². The topological polar surface area (TPSA) is 6.48 Å². The molecule has 0 amide bonds. The zero-order valence-electron chi connectivity index (χ0n) is 20.9. The molecule has 1 aliphatic carbocycles. The van der Waals surface area contributed by atoms with Gasteiger partial charge in [-0.2, -0.15) is 0 Å². The Morgan fingerprint density at radius 2 is 0.929 bits per heavy atom. The van der Waals surface area contributed by atoms with Gasteiger partial charge in [-0.1, -0.05) is 47.0 Å². The molecule has 0 radical (unpaired) electrons. The van der Waals surface area contributed by atoms with E-state index in [2.05, 4.69) is 79.3 Å². The fourth-order valence-corrected chi connectivity index (χ4v) is 7.92. The highest BCUT2D eigenvalue weighted by atomic mass is 15.2. The molecule has 28 heavy (non-hydrogen) atoms. The van der Waals surface area contributed by atoms with Crippen LogP contribution in [0.3, 0.4) is 0 Å². The summed E-state index contributed by atoms with van der Waals surface area (Å²) in [5.74, 6) is 1.66. The van der Waals surface area contributed by atoms with Gasteiger partial charge < -0.3 is 9.80 Å². The Bertz CT molecular complexity index is 521. The highest BCUT2D eigenvalue weighted by Crippen LogP contribution is 2.66. The summed E-state index contributed by atoms with van der Waals surface area (Å²) >= 11 is 0. The van der Waals surface area contributed by atoms with Gasteiger partial charge in [0.25, 0.3) is 0 Å². The van der Waals surface area contributed by atoms with Crippen LogP contribution in [0, 0.1) is 28.1 Å². The lowest BCUT2D eigenvalue weighted by Gasteiger charge is -2.68. The molecule has 2 atom stereocenters. The largest absolute Gasteiger partial charge is 0.301 e. The molecule has 164 valence electrons. The van der Waals surface area contributed by atoms with E-state index in [9.17, 15) is 0 Å². The smallest absolute Gasteiger partial charge is 0.0204 e. The third-order valence-corrected chi connectivity index (χ3v) is 11.5. The van der Waals surface area contributed by atoms with E-state index in [1.54, 1.807) is 0 Å². The van der Waals surface area contributed by atoms with Gasteiger partial charge in [-0.05, 0) is 109 Å². The molecule has 3 aliphatic rings. The molecule has 2 aliphatic heterocycles. The van der Waals surface area contributed by atoms with Crippen LogP contribution in [0.1, 0.15) is 100 Å². The first kappa shape index (κ1) is 22.6. The maximum absolute atomic E-state index is 2.64. The predicted octanol–water partition coefficient (Wildman–Crippen LogP) is 6.45. The van der Waals surface area contributed by atoms with Crippen molar-refractivity contribution >= 4 is 0 Å². The van der Waals surface area contributed by atoms with Crippen LogP contribution in [0.2, 0.25) is 0 Å². The second-order valence-electron chi connectivity index (χ2n) is 12.9. The lowest BCUT2D eigenvalue weighted by atomic mass is 9.42. The molecule has 2 saturated heterocycles. The summed E-state index contributed by atoms with van der Waals surface area (Å²) in [4.78, 5) is 5.29. The molecule has 2 nitrogen and oxygen atoms in total. The zero-order valence-corrected chi connectivity index (χ0v) is 20.9. The van der Waals surface area contributed by atoms with Crippen molar-refractivity contribution in [2.45, 2.75) is 111 Å². The van der Waals surface area contributed by atoms with Gasteiger partial charge in [0.2, 0.25) is 0 Å². The van der Waals surface area contributed by atoms with Crippen molar-refractivity contribution in [2.75, 3.05) is 27.2 Å². The summed E-state index contributed by atoms with van der Waals surface area (Å²) in [6, 6.07) is 0. The van der Waals surface area contributed by atoms with Crippen LogP contribution in [0.5, 0.6) is 0 Å². The molecule has 3 fully saturated rings. The molecule has 0 aromatic heterocycles. The average molecular weight is 391 g/mol. The molecule has 0 aromatic carbocycles. The average Bonchev–Trinajstić information content (AvgIpc) is 2.59. The quantitative estimate of drug-likeness (QED) is 0.534. The molecule has 2 unspecified atom stereocenters. The number of likely N-dealkylation sites (tertiary alicyclic amines) is 2. The number of hydrogen-bond donors (Lipinski definition) is 0. The number of rotatable bonds is 2. The van der Waals surface area contributed by atoms with E-state index in [-0.39, 0.29) is 11.1 Å². The molecular formula is C26H50N2. The molecule has 2 heterocycles. The van der Waals surface area contributed by atoms with Gasteiger partial charge in [0.1, 0.15) is 0 Å². The summed E-state index contributed by atoms with van der Waals surface area (Å²) in [7, 11) is 4.71. The van der Waals surface area contributed by atoms with Gasteiger partial charge >= 0.3 is 0 Å². The SMILES string of the molecule is CN1CCC(C2(C3CCN(C)C(C)(C)C3(C)C)CCCCC2)C(C)(C)C1(C)C. The van der Waals surface area contributed by atoms with Crippen LogP contribution >= 0.6 is 0 Å². The lowest BCUT2D eigenvalue weighted by Crippen LogP contribution is -2.68. The van der Waals surface area contributed by atoms with E-state index in [1.165, 1.54) is 58.0 Å². The van der Waals surface area contributed by atoms with Gasteiger partial charge in [-0.15, -0.1) is 0 Å². The summed E-state index contributed by atoms with van der Waals surface area (Å²) in [5.41, 5.74) is 1.70. The highest BCUT2D eigenvalue weighted by Gasteiger charge is 2.63. The van der Waals surface area contributed by atoms with E-state index >= 15 is 0 Å². The predicted molar refractivity (Wildman–Crippen MR) is 123 cm³/mol. The second kappa shape index (κ2) is 6.98. The third kappa shape index (κ3) is 2.95. The first-order valence-corrected chi connectivity index (χ1v) is 12.2. The van der Waals surface area contributed by atoms with Crippen molar-refractivity contribution in [1.82, 2.24) is 9.80 Å². The Hall–Kier alpha value is -0.0800. The van der Waals surface area contributed by atoms with Crippen molar-refractivity contribution in [1.29, 1.82) is 0 Å². The van der Waals surface area contributed by atoms with Gasteiger partial charge in [0, 0.05) is 11.1 Å². The van der Waals surface area contributed by atoms with Crippen LogP contribution in [0.15, 0.2) is 0 Å². The molecule has 1 saturated carbocycles. The van der Waals surface area contributed by atoms with Crippen molar-refractivity contribution in [3.05, 3.63) is 0 Å². The monoisotopic (exact) mass is 390 g/mol. The molecule has 0 N–H and O–H groups in total. The summed E-state index contributed by atoms with van der Waals surface area (Å²) in [6.07, 6.45) is 10.1. The van der Waals surface area contributed by atoms with Crippen LogP contribution < -0.4 is 0 Å². The van der Waals surface area contributed by atoms with Crippen molar-refractivity contribution in [3.63, 3.8) is 0 Å². The second-order valence-corrected chi connectivity index (χ2v) is 12.9. The third-order valence-electron chi connectivity index (χ3n) is 11.5. The Kier molecular flexibility index (Phi) is 5.63. The zero-order chi connectivity index (χ0) is 21.2. The Morgan fingerprint density at radius 1 is 0.571 bits per heavy atom. The Labute approximate surface area is 176 Å². The summed E-state index contributed by atoms with van der Waals surface area (Å²) in [5, 5.41) is 0. The van der Waals surface area contributed by atoms with Gasteiger partial charge in [0.05, 0.1) is 0 Å². The fourth-order valence-electron chi connectivity index (χ4n) is 7.92. The van der Waals surface area contributed by atoms with E-state index in [1.807, 2.05) is 0 Å². The molecule has 3 rings (SSSR count). The lowest BCUT2D eigenvalue weighted by molar-refractivity contribution is -0.187. The van der Waals surface area contributed by atoms with Gasteiger partial charge in [0.15, 0.2) is 0 Å². The highest BCUT2D eigenvalue weighted by molar-refractivity contribution is 5.14. The van der Waals surface area contributed by atoms with Gasteiger partial charge in [-0.25, -0.2) is 0 Å². The summed E-state index contributed by atoms with van der Waals surface area (Å²) < 4.78 is 0. The first-order valence-electron chi connectivity index (χ1n) is 12.2. The van der Waals surface area contributed by atoms with Crippen LogP contribution in [0.4, 0.5) is 0 Å². The van der Waals surface area contributed by atoms with Gasteiger partial charge in [-0.3, -0.25) is 0 Å². The first-order chi connectivity index (χ1) is 12.7. The molecule has 0 bridgehead atoms. The summed E-state index contributed by atoms with van der Waals surface area (Å²) in [6.45, 7) is 23.0. The fraction of sp³-hybridized carbons (Fsp3) is 1.00. The van der Waals surface area contributed by atoms with Crippen LogP contribution in [-0.2, 0) is 0 Å². The maximum Gasteiger partial charge on any atom is 0.0204 e. The molecule has 0 aromatic rings. The molecular weight excluding hydrogens is 340 g/mol. The minimum Gasteiger partial charge on any atom is -0.301 e. The van der Waals surface area contributed by atoms with Crippen molar-refractivity contribution in [3.8, 4) is 0 Å². The molecule has 2 heteroatoms. The minimum absolute atomic E-state index is 0.255. The maximum atomic E-state index is 2.64. The number of piperidine rings is 2. The van der Waals surface area contributed by atoms with Crippen LogP contribution in [-0.4, -0.2) is 48.1 Å². The standard InChI is InChI=1S/C26H50N2/c1-22(2)20(14-18-27(9)24(22,5)6)26(16-12-11-13-17-26)21-15-19-28(10)25(7,8)23(21,3)4/h20-21H,11-19H2,1-10H3. The Morgan fingerprint density at radius 3 is 1.29 bits per heavy atom. The normalized spacial score (nSPS) is 37.5. The minimum atomic E-state index is 0.255. The number of nitrogens with zero attached hydrogens (tertiary/aromatic N) is 2. The Balaban J connectivity index is 2.10. The van der Waals surface area contributed by atoms with Crippen LogP contribution in [0.25, 0.3) is 0 Å². The van der Waals surface area contributed by atoms with Crippen molar-refractivity contribution < 1.29 is 0 Å². The molecule has 0 spiro atoms. The van der Waals surface area contributed by atoms with Crippen molar-refractivity contribution in [2.24, 2.45) is 28.1 Å². The van der Waals surface area contributed by atoms with E-state index in [4.69, 9.17) is 0 Å².